The summed E-state index contributed by atoms with van der Waals surface area (Å²) in [5, 5.41) is 2.94. The number of rotatable bonds is 9. The lowest BCUT2D eigenvalue weighted by molar-refractivity contribution is -0.140. The van der Waals surface area contributed by atoms with Gasteiger partial charge in [0.15, 0.2) is 0 Å². The molecule has 1 atom stereocenters. The average molecular weight is 308 g/mol. The summed E-state index contributed by atoms with van der Waals surface area (Å²) in [6.45, 7) is 8.42. The van der Waals surface area contributed by atoms with E-state index >= 15 is 0 Å². The van der Waals surface area contributed by atoms with Crippen LogP contribution in [0, 0.1) is 6.92 Å². The number of aromatic nitrogens is 1. The zero-order chi connectivity index (χ0) is 16.6. The minimum atomic E-state index is -0.807. The second-order valence-corrected chi connectivity index (χ2v) is 5.62. The number of amides is 1. The SMILES string of the molecule is CCCC[C@@](C)(OCCC)C(=O)Nc1ccc(OC)nc1C. The van der Waals surface area contributed by atoms with Crippen molar-refractivity contribution in [1.82, 2.24) is 4.98 Å². The first-order valence-corrected chi connectivity index (χ1v) is 7.93. The molecule has 5 heteroatoms. The highest BCUT2D eigenvalue weighted by Gasteiger charge is 2.33. The molecule has 0 spiro atoms. The molecule has 0 saturated heterocycles. The molecule has 1 heterocycles. The molecule has 0 aromatic carbocycles. The standard InChI is InChI=1S/C17H28N2O3/c1-6-8-11-17(4,22-12-7-2)16(20)19-14-9-10-15(21-5)18-13(14)3/h9-10H,6-8,11-12H2,1-5H3,(H,19,20)/t17-/m1/s1. The molecular weight excluding hydrogens is 280 g/mol. The summed E-state index contributed by atoms with van der Waals surface area (Å²) >= 11 is 0. The van der Waals surface area contributed by atoms with Crippen LogP contribution in [-0.2, 0) is 9.53 Å². The van der Waals surface area contributed by atoms with Gasteiger partial charge in [0.2, 0.25) is 5.88 Å². The fourth-order valence-electron chi connectivity index (χ4n) is 2.13. The predicted molar refractivity (Wildman–Crippen MR) is 88.3 cm³/mol. The molecule has 0 aliphatic rings. The lowest BCUT2D eigenvalue weighted by Gasteiger charge is -2.29. The predicted octanol–water partition coefficient (Wildman–Crippen LogP) is 3.71. The van der Waals surface area contributed by atoms with Crippen LogP contribution in [0.15, 0.2) is 12.1 Å². The number of aryl methyl sites for hydroxylation is 1. The summed E-state index contributed by atoms with van der Waals surface area (Å²) in [4.78, 5) is 16.9. The van der Waals surface area contributed by atoms with Gasteiger partial charge in [0.05, 0.1) is 18.5 Å². The van der Waals surface area contributed by atoms with Crippen LogP contribution in [-0.4, -0.2) is 30.2 Å². The van der Waals surface area contributed by atoms with E-state index in [1.54, 1.807) is 19.2 Å². The number of hydrogen-bond acceptors (Lipinski definition) is 4. The van der Waals surface area contributed by atoms with Crippen LogP contribution in [0.1, 0.15) is 52.1 Å². The number of pyridine rings is 1. The molecule has 124 valence electrons. The molecule has 1 amide bonds. The van der Waals surface area contributed by atoms with Crippen molar-refractivity contribution in [3.8, 4) is 5.88 Å². The van der Waals surface area contributed by atoms with Crippen molar-refractivity contribution in [2.45, 2.75) is 59.0 Å². The Morgan fingerprint density at radius 3 is 2.59 bits per heavy atom. The van der Waals surface area contributed by atoms with Crippen molar-refractivity contribution in [3.63, 3.8) is 0 Å². The summed E-state index contributed by atoms with van der Waals surface area (Å²) < 4.78 is 10.9. The Morgan fingerprint density at radius 1 is 1.32 bits per heavy atom. The van der Waals surface area contributed by atoms with E-state index in [-0.39, 0.29) is 5.91 Å². The lowest BCUT2D eigenvalue weighted by atomic mass is 9.97. The number of carbonyl (C=O) groups excluding carboxylic acids is 1. The van der Waals surface area contributed by atoms with E-state index in [0.29, 0.717) is 24.6 Å². The van der Waals surface area contributed by atoms with Gasteiger partial charge in [-0.15, -0.1) is 0 Å². The number of unbranched alkanes of at least 4 members (excludes halogenated alkanes) is 1. The third kappa shape index (κ3) is 4.98. The fourth-order valence-corrected chi connectivity index (χ4v) is 2.13. The Bertz CT molecular complexity index is 481. The Kier molecular flexibility index (Phi) is 7.32. The first kappa shape index (κ1) is 18.4. The quantitative estimate of drug-likeness (QED) is 0.755. The van der Waals surface area contributed by atoms with Crippen molar-refractivity contribution in [2.24, 2.45) is 0 Å². The van der Waals surface area contributed by atoms with Crippen LogP contribution >= 0.6 is 0 Å². The number of nitrogens with one attached hydrogen (secondary N) is 1. The summed E-state index contributed by atoms with van der Waals surface area (Å²) in [6, 6.07) is 3.54. The third-order valence-electron chi connectivity index (χ3n) is 3.63. The maximum Gasteiger partial charge on any atom is 0.256 e. The number of anilines is 1. The molecule has 1 aromatic rings. The normalized spacial score (nSPS) is 13.5. The number of carbonyl (C=O) groups is 1. The van der Waals surface area contributed by atoms with Crippen LogP contribution in [0.2, 0.25) is 0 Å². The molecule has 1 rings (SSSR count). The summed E-state index contributed by atoms with van der Waals surface area (Å²) in [5.41, 5.74) is 0.605. The zero-order valence-corrected chi connectivity index (χ0v) is 14.4. The number of methoxy groups -OCH3 is 1. The smallest absolute Gasteiger partial charge is 0.256 e. The molecule has 0 bridgehead atoms. The molecule has 0 aliphatic heterocycles. The molecule has 0 fully saturated rings. The highest BCUT2D eigenvalue weighted by Crippen LogP contribution is 2.24. The fraction of sp³-hybridized carbons (Fsp3) is 0.647. The molecule has 0 saturated carbocycles. The Hall–Kier alpha value is -1.62. The number of nitrogens with zero attached hydrogens (tertiary/aromatic N) is 1. The molecule has 1 N–H and O–H groups in total. The van der Waals surface area contributed by atoms with Crippen molar-refractivity contribution in [3.05, 3.63) is 17.8 Å². The minimum Gasteiger partial charge on any atom is -0.481 e. The van der Waals surface area contributed by atoms with E-state index in [1.807, 2.05) is 20.8 Å². The maximum absolute atomic E-state index is 12.7. The Morgan fingerprint density at radius 2 is 2.05 bits per heavy atom. The van der Waals surface area contributed by atoms with Crippen molar-refractivity contribution < 1.29 is 14.3 Å². The summed E-state index contributed by atoms with van der Waals surface area (Å²) in [6.07, 6.45) is 3.57. The van der Waals surface area contributed by atoms with Gasteiger partial charge >= 0.3 is 0 Å². The summed E-state index contributed by atoms with van der Waals surface area (Å²) in [7, 11) is 1.57. The van der Waals surface area contributed by atoms with E-state index in [1.165, 1.54) is 0 Å². The van der Waals surface area contributed by atoms with Gasteiger partial charge in [-0.05, 0) is 32.8 Å². The highest BCUT2D eigenvalue weighted by atomic mass is 16.5. The van der Waals surface area contributed by atoms with E-state index in [4.69, 9.17) is 9.47 Å². The molecule has 0 unspecified atom stereocenters. The number of ether oxygens (including phenoxy) is 2. The van der Waals surface area contributed by atoms with Gasteiger partial charge in [-0.25, -0.2) is 4.98 Å². The van der Waals surface area contributed by atoms with Crippen LogP contribution < -0.4 is 10.1 Å². The Balaban J connectivity index is 2.85. The van der Waals surface area contributed by atoms with Crippen LogP contribution in [0.3, 0.4) is 0 Å². The maximum atomic E-state index is 12.7. The van der Waals surface area contributed by atoms with Gasteiger partial charge < -0.3 is 14.8 Å². The van der Waals surface area contributed by atoms with Crippen LogP contribution in [0.5, 0.6) is 5.88 Å². The van der Waals surface area contributed by atoms with Gasteiger partial charge in [0, 0.05) is 12.7 Å². The second-order valence-electron chi connectivity index (χ2n) is 5.62. The van der Waals surface area contributed by atoms with Gasteiger partial charge in [0.1, 0.15) is 5.60 Å². The molecule has 22 heavy (non-hydrogen) atoms. The minimum absolute atomic E-state index is 0.121. The van der Waals surface area contributed by atoms with Gasteiger partial charge in [-0.3, -0.25) is 4.79 Å². The molecular formula is C17H28N2O3. The van der Waals surface area contributed by atoms with Gasteiger partial charge in [-0.2, -0.15) is 0 Å². The van der Waals surface area contributed by atoms with Crippen molar-refractivity contribution in [1.29, 1.82) is 0 Å². The molecule has 5 nitrogen and oxygen atoms in total. The van der Waals surface area contributed by atoms with Gasteiger partial charge in [-0.1, -0.05) is 26.7 Å². The molecule has 0 radical (unpaired) electrons. The molecule has 1 aromatic heterocycles. The van der Waals surface area contributed by atoms with E-state index in [2.05, 4.69) is 17.2 Å². The molecule has 0 aliphatic carbocycles. The average Bonchev–Trinajstić information content (AvgIpc) is 2.52. The number of hydrogen-bond donors (Lipinski definition) is 1. The lowest BCUT2D eigenvalue weighted by Crippen LogP contribution is -2.43. The van der Waals surface area contributed by atoms with E-state index < -0.39 is 5.60 Å². The Labute approximate surface area is 133 Å². The van der Waals surface area contributed by atoms with Crippen LogP contribution in [0.25, 0.3) is 0 Å². The van der Waals surface area contributed by atoms with E-state index in [9.17, 15) is 4.79 Å². The van der Waals surface area contributed by atoms with Crippen molar-refractivity contribution >= 4 is 11.6 Å². The second kappa shape index (κ2) is 8.73. The first-order valence-electron chi connectivity index (χ1n) is 7.93. The zero-order valence-electron chi connectivity index (χ0n) is 14.4. The topological polar surface area (TPSA) is 60.5 Å². The van der Waals surface area contributed by atoms with Crippen LogP contribution in [0.4, 0.5) is 5.69 Å². The summed E-state index contributed by atoms with van der Waals surface area (Å²) in [5.74, 6) is 0.413. The first-order chi connectivity index (χ1) is 10.5. The third-order valence-corrected chi connectivity index (χ3v) is 3.63. The monoisotopic (exact) mass is 308 g/mol. The van der Waals surface area contributed by atoms with Gasteiger partial charge in [0.25, 0.3) is 5.91 Å². The van der Waals surface area contributed by atoms with E-state index in [0.717, 1.165) is 25.0 Å². The van der Waals surface area contributed by atoms with Crippen molar-refractivity contribution in [2.75, 3.05) is 19.0 Å². The largest absolute Gasteiger partial charge is 0.481 e. The highest BCUT2D eigenvalue weighted by molar-refractivity contribution is 5.97.